The normalized spacial score (nSPS) is 27.0. The van der Waals surface area contributed by atoms with Gasteiger partial charge in [-0.25, -0.2) is 8.42 Å². The van der Waals surface area contributed by atoms with Gasteiger partial charge in [-0.2, -0.15) is 4.31 Å². The number of fused-ring (bicyclic) bond motifs is 1. The number of nitrogens with one attached hydrogen (secondary N) is 1. The zero-order valence-electron chi connectivity index (χ0n) is 12.8. The second kappa shape index (κ2) is 5.61. The first-order valence-electron chi connectivity index (χ1n) is 7.89. The molecule has 2 aliphatic heterocycles. The Labute approximate surface area is 127 Å². The van der Waals surface area contributed by atoms with Gasteiger partial charge in [0.05, 0.1) is 4.90 Å². The molecule has 0 radical (unpaired) electrons. The Balaban J connectivity index is 1.94. The highest BCUT2D eigenvalue weighted by Gasteiger charge is 2.34. The van der Waals surface area contributed by atoms with Crippen LogP contribution in [0.4, 0.5) is 5.69 Å². The Kier molecular flexibility index (Phi) is 3.97. The minimum absolute atomic E-state index is 0.0766. The van der Waals surface area contributed by atoms with Crippen LogP contribution in [-0.2, 0) is 16.4 Å². The first-order chi connectivity index (χ1) is 10.00. The van der Waals surface area contributed by atoms with Gasteiger partial charge in [0.2, 0.25) is 10.0 Å². The third kappa shape index (κ3) is 2.69. The molecule has 5 heteroatoms. The molecule has 1 aromatic carbocycles. The highest BCUT2D eigenvalue weighted by Crippen LogP contribution is 2.31. The molecule has 1 N–H and O–H groups in total. The van der Waals surface area contributed by atoms with E-state index in [4.69, 9.17) is 0 Å². The van der Waals surface area contributed by atoms with Crippen LogP contribution in [-0.4, -0.2) is 31.9 Å². The van der Waals surface area contributed by atoms with Crippen LogP contribution in [0, 0.1) is 5.92 Å². The van der Waals surface area contributed by atoms with E-state index in [0.29, 0.717) is 17.4 Å². The van der Waals surface area contributed by atoms with Gasteiger partial charge in [-0.05, 0) is 56.2 Å². The van der Waals surface area contributed by atoms with Crippen LogP contribution in [0.1, 0.15) is 38.7 Å². The van der Waals surface area contributed by atoms with Crippen LogP contribution >= 0.6 is 0 Å². The zero-order chi connectivity index (χ0) is 15.0. The number of rotatable bonds is 2. The standard InChI is InChI=1S/C16H24N2O2S/c1-12-5-4-10-18(13(12)2)21(19,20)15-8-7-14-6-3-9-17-16(14)11-15/h7-8,11-13,17H,3-6,9-10H2,1-2H3. The van der Waals surface area contributed by atoms with E-state index in [2.05, 4.69) is 12.2 Å². The summed E-state index contributed by atoms with van der Waals surface area (Å²) in [6.07, 6.45) is 4.20. The number of hydrogen-bond acceptors (Lipinski definition) is 3. The van der Waals surface area contributed by atoms with Crippen LogP contribution < -0.4 is 5.32 Å². The van der Waals surface area contributed by atoms with Gasteiger partial charge in [-0.3, -0.25) is 0 Å². The topological polar surface area (TPSA) is 49.4 Å². The molecule has 0 aliphatic carbocycles. The maximum absolute atomic E-state index is 12.9. The molecule has 0 spiro atoms. The smallest absolute Gasteiger partial charge is 0.243 e. The van der Waals surface area contributed by atoms with E-state index in [-0.39, 0.29) is 6.04 Å². The summed E-state index contributed by atoms with van der Waals surface area (Å²) in [6.45, 7) is 5.73. The number of piperidine rings is 1. The third-order valence-electron chi connectivity index (χ3n) is 4.94. The molecule has 4 nitrogen and oxygen atoms in total. The fourth-order valence-corrected chi connectivity index (χ4v) is 5.17. The van der Waals surface area contributed by atoms with Crippen LogP contribution in [0.3, 0.4) is 0 Å². The molecule has 0 bridgehead atoms. The van der Waals surface area contributed by atoms with E-state index in [9.17, 15) is 8.42 Å². The van der Waals surface area contributed by atoms with Crippen molar-refractivity contribution in [3.05, 3.63) is 23.8 Å². The summed E-state index contributed by atoms with van der Waals surface area (Å²) in [4.78, 5) is 0.427. The summed E-state index contributed by atoms with van der Waals surface area (Å²) in [7, 11) is -3.38. The highest BCUT2D eigenvalue weighted by atomic mass is 32.2. The fourth-order valence-electron chi connectivity index (χ4n) is 3.37. The quantitative estimate of drug-likeness (QED) is 0.914. The second-order valence-corrected chi connectivity index (χ2v) is 8.22. The van der Waals surface area contributed by atoms with Gasteiger partial charge in [0.15, 0.2) is 0 Å². The molecular formula is C16H24N2O2S. The molecule has 2 atom stereocenters. The molecule has 0 amide bonds. The maximum atomic E-state index is 12.9. The highest BCUT2D eigenvalue weighted by molar-refractivity contribution is 7.89. The van der Waals surface area contributed by atoms with Crippen molar-refractivity contribution in [2.45, 2.75) is 50.5 Å². The first-order valence-corrected chi connectivity index (χ1v) is 9.33. The van der Waals surface area contributed by atoms with Crippen molar-refractivity contribution in [3.8, 4) is 0 Å². The predicted molar refractivity (Wildman–Crippen MR) is 85.0 cm³/mol. The summed E-state index contributed by atoms with van der Waals surface area (Å²) < 4.78 is 27.5. The molecule has 1 aromatic rings. The minimum Gasteiger partial charge on any atom is -0.385 e. The Morgan fingerprint density at radius 3 is 2.86 bits per heavy atom. The van der Waals surface area contributed by atoms with E-state index in [0.717, 1.165) is 37.9 Å². The monoisotopic (exact) mass is 308 g/mol. The number of sulfonamides is 1. The molecule has 1 fully saturated rings. The van der Waals surface area contributed by atoms with Gasteiger partial charge in [0.1, 0.15) is 0 Å². The van der Waals surface area contributed by atoms with E-state index >= 15 is 0 Å². The Morgan fingerprint density at radius 1 is 1.24 bits per heavy atom. The third-order valence-corrected chi connectivity index (χ3v) is 6.92. The lowest BCUT2D eigenvalue weighted by atomic mass is 9.94. The van der Waals surface area contributed by atoms with Crippen molar-refractivity contribution < 1.29 is 8.42 Å². The minimum atomic E-state index is -3.38. The SMILES string of the molecule is CC1CCCN(S(=O)(=O)c2ccc3c(c2)NCCC3)C1C. The second-order valence-electron chi connectivity index (χ2n) is 6.33. The van der Waals surface area contributed by atoms with E-state index in [1.165, 1.54) is 5.56 Å². The van der Waals surface area contributed by atoms with Gasteiger partial charge < -0.3 is 5.32 Å². The van der Waals surface area contributed by atoms with E-state index in [1.54, 1.807) is 10.4 Å². The molecule has 116 valence electrons. The van der Waals surface area contributed by atoms with Crippen LogP contribution in [0.2, 0.25) is 0 Å². The lowest BCUT2D eigenvalue weighted by Gasteiger charge is -2.37. The summed E-state index contributed by atoms with van der Waals surface area (Å²) in [5.74, 6) is 0.421. The largest absolute Gasteiger partial charge is 0.385 e. The van der Waals surface area contributed by atoms with Crippen LogP contribution in [0.15, 0.2) is 23.1 Å². The number of nitrogens with zero attached hydrogens (tertiary/aromatic N) is 1. The number of benzene rings is 1. The lowest BCUT2D eigenvalue weighted by Crippen LogP contribution is -2.45. The molecule has 2 unspecified atom stereocenters. The number of anilines is 1. The predicted octanol–water partition coefficient (Wildman–Crippen LogP) is 2.85. The van der Waals surface area contributed by atoms with E-state index < -0.39 is 10.0 Å². The summed E-state index contributed by atoms with van der Waals surface area (Å²) in [5.41, 5.74) is 2.21. The summed E-state index contributed by atoms with van der Waals surface area (Å²) >= 11 is 0. The van der Waals surface area contributed by atoms with E-state index in [1.807, 2.05) is 19.1 Å². The van der Waals surface area contributed by atoms with Crippen molar-refractivity contribution >= 4 is 15.7 Å². The van der Waals surface area contributed by atoms with Gasteiger partial charge >= 0.3 is 0 Å². The fraction of sp³-hybridized carbons (Fsp3) is 0.625. The number of aryl methyl sites for hydroxylation is 1. The van der Waals surface area contributed by atoms with Crippen molar-refractivity contribution in [1.82, 2.24) is 4.31 Å². The Hall–Kier alpha value is -1.07. The molecule has 2 heterocycles. The van der Waals surface area contributed by atoms with Gasteiger partial charge in [0.25, 0.3) is 0 Å². The molecule has 21 heavy (non-hydrogen) atoms. The number of hydrogen-bond donors (Lipinski definition) is 1. The lowest BCUT2D eigenvalue weighted by molar-refractivity contribution is 0.202. The van der Waals surface area contributed by atoms with Crippen molar-refractivity contribution in [3.63, 3.8) is 0 Å². The molecule has 0 aromatic heterocycles. The molecular weight excluding hydrogens is 284 g/mol. The maximum Gasteiger partial charge on any atom is 0.243 e. The summed E-state index contributed by atoms with van der Waals surface area (Å²) in [5, 5.41) is 3.32. The molecule has 1 saturated heterocycles. The molecule has 2 aliphatic rings. The Morgan fingerprint density at radius 2 is 2.05 bits per heavy atom. The van der Waals surface area contributed by atoms with Crippen molar-refractivity contribution in [1.29, 1.82) is 0 Å². The zero-order valence-corrected chi connectivity index (χ0v) is 13.6. The van der Waals surface area contributed by atoms with Crippen molar-refractivity contribution in [2.24, 2.45) is 5.92 Å². The van der Waals surface area contributed by atoms with Gasteiger partial charge in [0, 0.05) is 24.8 Å². The average Bonchev–Trinajstić information content (AvgIpc) is 2.49. The molecule has 3 rings (SSSR count). The van der Waals surface area contributed by atoms with Crippen molar-refractivity contribution in [2.75, 3.05) is 18.4 Å². The average molecular weight is 308 g/mol. The van der Waals surface area contributed by atoms with Gasteiger partial charge in [-0.1, -0.05) is 13.0 Å². The Bertz CT molecular complexity index is 627. The van der Waals surface area contributed by atoms with Gasteiger partial charge in [-0.15, -0.1) is 0 Å². The summed E-state index contributed by atoms with van der Waals surface area (Å²) in [6, 6.07) is 5.63. The van der Waals surface area contributed by atoms with Crippen LogP contribution in [0.25, 0.3) is 0 Å². The van der Waals surface area contributed by atoms with Crippen LogP contribution in [0.5, 0.6) is 0 Å². The molecule has 0 saturated carbocycles. The first kappa shape index (κ1) is 14.9.